The number of anilines is 1. The van der Waals surface area contributed by atoms with E-state index in [-0.39, 0.29) is 17.9 Å². The van der Waals surface area contributed by atoms with Crippen LogP contribution in [0.3, 0.4) is 0 Å². The molecule has 0 spiro atoms. The minimum absolute atomic E-state index is 0.171. The van der Waals surface area contributed by atoms with Crippen LogP contribution in [0.2, 0.25) is 0 Å². The van der Waals surface area contributed by atoms with E-state index in [0.717, 1.165) is 0 Å². The van der Waals surface area contributed by atoms with Gasteiger partial charge in [-0.25, -0.2) is 0 Å². The first-order valence-electron chi connectivity index (χ1n) is 8.25. The summed E-state index contributed by atoms with van der Waals surface area (Å²) in [7, 11) is 1.62. The van der Waals surface area contributed by atoms with Gasteiger partial charge in [-0.3, -0.25) is 13.8 Å². The zero-order chi connectivity index (χ0) is 19.9. The summed E-state index contributed by atoms with van der Waals surface area (Å²) in [4.78, 5) is 12.4. The number of aromatic nitrogens is 4. The topological polar surface area (TPSA) is 73.5 Å². The number of fused-ring (bicyclic) bond motifs is 3. The number of nitrogens with one attached hydrogen (secondary N) is 1. The fourth-order valence-electron chi connectivity index (χ4n) is 2.96. The third-order valence-corrected chi connectivity index (χ3v) is 4.23. The monoisotopic (exact) mass is 389 g/mol. The minimum atomic E-state index is -4.73. The number of aryl methyl sites for hydroxylation is 1. The van der Waals surface area contributed by atoms with Crippen molar-refractivity contribution in [3.8, 4) is 5.75 Å². The van der Waals surface area contributed by atoms with Gasteiger partial charge in [0.25, 0.3) is 5.56 Å². The Morgan fingerprint density at radius 1 is 1.07 bits per heavy atom. The number of halogens is 3. The molecule has 144 valence electrons. The van der Waals surface area contributed by atoms with Gasteiger partial charge in [-0.15, -0.1) is 23.4 Å². The van der Waals surface area contributed by atoms with Gasteiger partial charge in [0.1, 0.15) is 5.75 Å². The number of alkyl halides is 3. The second-order valence-corrected chi connectivity index (χ2v) is 6.06. The molecule has 0 radical (unpaired) electrons. The van der Waals surface area contributed by atoms with Crippen LogP contribution in [0.4, 0.5) is 18.9 Å². The first kappa shape index (κ1) is 17.8. The number of nitrogens with zero attached hydrogens (tertiary/aromatic N) is 4. The molecule has 0 aliphatic heterocycles. The number of para-hydroxylation sites is 1. The molecular weight excluding hydrogens is 375 g/mol. The lowest BCUT2D eigenvalue weighted by Crippen LogP contribution is -2.20. The van der Waals surface area contributed by atoms with Crippen LogP contribution in [0.1, 0.15) is 5.82 Å². The molecule has 10 heteroatoms. The molecule has 2 aromatic carbocycles. The summed E-state index contributed by atoms with van der Waals surface area (Å²) in [6.07, 6.45) is -4.73. The van der Waals surface area contributed by atoms with E-state index >= 15 is 0 Å². The molecule has 28 heavy (non-hydrogen) atoms. The molecule has 7 nitrogen and oxygen atoms in total. The van der Waals surface area contributed by atoms with Crippen LogP contribution < -0.4 is 15.6 Å². The molecule has 2 aromatic heterocycles. The van der Waals surface area contributed by atoms with Gasteiger partial charge < -0.3 is 10.1 Å². The van der Waals surface area contributed by atoms with Crippen molar-refractivity contribution in [3.05, 3.63) is 64.7 Å². The van der Waals surface area contributed by atoms with Crippen molar-refractivity contribution in [2.24, 2.45) is 7.05 Å². The Balaban J connectivity index is 1.63. The molecule has 4 rings (SSSR count). The van der Waals surface area contributed by atoms with E-state index in [4.69, 9.17) is 0 Å². The lowest BCUT2D eigenvalue weighted by Gasteiger charge is -2.11. The number of rotatable bonds is 4. The van der Waals surface area contributed by atoms with Crippen molar-refractivity contribution in [1.29, 1.82) is 0 Å². The predicted molar refractivity (Wildman–Crippen MR) is 96.2 cm³/mol. The Kier molecular flexibility index (Phi) is 4.17. The van der Waals surface area contributed by atoms with Crippen LogP contribution in [0.5, 0.6) is 5.75 Å². The molecule has 2 heterocycles. The maximum atomic E-state index is 12.4. The molecular formula is C18H14F3N5O2. The molecule has 4 aromatic rings. The van der Waals surface area contributed by atoms with E-state index in [1.807, 2.05) is 6.07 Å². The average molecular weight is 389 g/mol. The average Bonchev–Trinajstić information content (AvgIpc) is 3.09. The highest BCUT2D eigenvalue weighted by Crippen LogP contribution is 2.24. The second-order valence-electron chi connectivity index (χ2n) is 6.06. The van der Waals surface area contributed by atoms with E-state index in [1.165, 1.54) is 28.8 Å². The first-order valence-corrected chi connectivity index (χ1v) is 8.25. The van der Waals surface area contributed by atoms with Crippen LogP contribution in [0.15, 0.2) is 53.3 Å². The summed E-state index contributed by atoms with van der Waals surface area (Å²) in [6, 6.07) is 12.5. The molecule has 1 N–H and O–H groups in total. The predicted octanol–water partition coefficient (Wildman–Crippen LogP) is 3.09. The Morgan fingerprint density at radius 2 is 1.79 bits per heavy atom. The van der Waals surface area contributed by atoms with Gasteiger partial charge in [-0.05, 0) is 36.4 Å². The standard InChI is InChI=1S/C18H14F3N5O2/c1-25-16(27)13-4-2-3-5-14(13)26-15(23-24-17(25)26)10-22-11-6-8-12(9-7-11)28-18(19,20)21/h2-9,22H,10H2,1H3. The maximum Gasteiger partial charge on any atom is 0.573 e. The zero-order valence-electron chi connectivity index (χ0n) is 14.6. The largest absolute Gasteiger partial charge is 0.573 e. The number of ether oxygens (including phenoxy) is 1. The van der Waals surface area contributed by atoms with Gasteiger partial charge in [-0.1, -0.05) is 12.1 Å². The van der Waals surface area contributed by atoms with Gasteiger partial charge in [0, 0.05) is 12.7 Å². The number of benzene rings is 2. The highest BCUT2D eigenvalue weighted by molar-refractivity contribution is 5.80. The van der Waals surface area contributed by atoms with Crippen LogP contribution in [0.25, 0.3) is 16.7 Å². The highest BCUT2D eigenvalue weighted by atomic mass is 19.4. The minimum Gasteiger partial charge on any atom is -0.406 e. The van der Waals surface area contributed by atoms with E-state index in [9.17, 15) is 18.0 Å². The number of hydrogen-bond acceptors (Lipinski definition) is 5. The molecule has 0 atom stereocenters. The van der Waals surface area contributed by atoms with Crippen molar-refractivity contribution in [2.75, 3.05) is 5.32 Å². The fourth-order valence-corrected chi connectivity index (χ4v) is 2.96. The van der Waals surface area contributed by atoms with Crippen molar-refractivity contribution in [3.63, 3.8) is 0 Å². The third-order valence-electron chi connectivity index (χ3n) is 4.23. The quantitative estimate of drug-likeness (QED) is 0.581. The van der Waals surface area contributed by atoms with Crippen LogP contribution in [0, 0.1) is 0 Å². The Hall–Kier alpha value is -3.56. The van der Waals surface area contributed by atoms with E-state index in [0.29, 0.717) is 28.2 Å². The smallest absolute Gasteiger partial charge is 0.406 e. The van der Waals surface area contributed by atoms with Gasteiger partial charge in [0.15, 0.2) is 5.82 Å². The van der Waals surface area contributed by atoms with Crippen molar-refractivity contribution in [2.45, 2.75) is 12.9 Å². The molecule has 0 fully saturated rings. The summed E-state index contributed by atoms with van der Waals surface area (Å²) in [5.41, 5.74) is 1.09. The summed E-state index contributed by atoms with van der Waals surface area (Å²) in [5.74, 6) is 0.652. The van der Waals surface area contributed by atoms with Gasteiger partial charge >= 0.3 is 6.36 Å². The molecule has 0 aliphatic carbocycles. The molecule has 0 bridgehead atoms. The van der Waals surface area contributed by atoms with Crippen LogP contribution >= 0.6 is 0 Å². The van der Waals surface area contributed by atoms with E-state index < -0.39 is 6.36 Å². The summed E-state index contributed by atoms with van der Waals surface area (Å²) < 4.78 is 43.7. The Morgan fingerprint density at radius 3 is 2.50 bits per heavy atom. The van der Waals surface area contributed by atoms with Crippen LogP contribution in [-0.2, 0) is 13.6 Å². The first-order chi connectivity index (χ1) is 13.3. The Bertz CT molecular complexity index is 1210. The van der Waals surface area contributed by atoms with Gasteiger partial charge in [0.05, 0.1) is 17.4 Å². The van der Waals surface area contributed by atoms with Crippen molar-refractivity contribution < 1.29 is 17.9 Å². The molecule has 0 aliphatic rings. The zero-order valence-corrected chi connectivity index (χ0v) is 14.6. The lowest BCUT2D eigenvalue weighted by molar-refractivity contribution is -0.274. The molecule has 0 saturated heterocycles. The fraction of sp³-hybridized carbons (Fsp3) is 0.167. The van der Waals surface area contributed by atoms with E-state index in [2.05, 4.69) is 20.3 Å². The number of hydrogen-bond donors (Lipinski definition) is 1. The summed E-state index contributed by atoms with van der Waals surface area (Å²) in [6.45, 7) is 0.253. The Labute approximate surface area is 156 Å². The SMILES string of the molecule is Cn1c(=O)c2ccccc2n2c(CNc3ccc(OC(F)(F)F)cc3)nnc12. The van der Waals surface area contributed by atoms with Crippen LogP contribution in [-0.4, -0.2) is 25.5 Å². The third kappa shape index (κ3) is 3.24. The molecule has 0 unspecified atom stereocenters. The van der Waals surface area contributed by atoms with Gasteiger partial charge in [0.2, 0.25) is 5.78 Å². The highest BCUT2D eigenvalue weighted by Gasteiger charge is 2.30. The second kappa shape index (κ2) is 6.55. The lowest BCUT2D eigenvalue weighted by atomic mass is 10.2. The van der Waals surface area contributed by atoms with Crippen molar-refractivity contribution >= 4 is 22.4 Å². The molecule has 0 saturated carbocycles. The maximum absolute atomic E-state index is 12.4. The normalized spacial score (nSPS) is 11.9. The molecule has 0 amide bonds. The summed E-state index contributed by atoms with van der Waals surface area (Å²) >= 11 is 0. The van der Waals surface area contributed by atoms with Gasteiger partial charge in [-0.2, -0.15) is 0 Å². The van der Waals surface area contributed by atoms with E-state index in [1.54, 1.807) is 29.6 Å². The summed E-state index contributed by atoms with van der Waals surface area (Å²) in [5, 5.41) is 11.8. The van der Waals surface area contributed by atoms with Crippen molar-refractivity contribution in [1.82, 2.24) is 19.2 Å².